The molecule has 0 radical (unpaired) electrons. The van der Waals surface area contributed by atoms with E-state index in [2.05, 4.69) is 43.1 Å². The van der Waals surface area contributed by atoms with Crippen LogP contribution in [0.25, 0.3) is 0 Å². The Labute approximate surface area is 90.0 Å². The van der Waals surface area contributed by atoms with Crippen LogP contribution in [0.15, 0.2) is 36.4 Å². The van der Waals surface area contributed by atoms with Gasteiger partial charge in [0.1, 0.15) is 0 Å². The lowest BCUT2D eigenvalue weighted by atomic mass is 9.89. The summed E-state index contributed by atoms with van der Waals surface area (Å²) in [4.78, 5) is 11.4. The van der Waals surface area contributed by atoms with Gasteiger partial charge in [0.15, 0.2) is 0 Å². The molecule has 1 fully saturated rings. The van der Waals surface area contributed by atoms with Crippen LogP contribution in [-0.4, -0.2) is 11.9 Å². The van der Waals surface area contributed by atoms with Crippen LogP contribution in [-0.2, 0) is 4.79 Å². The van der Waals surface area contributed by atoms with Gasteiger partial charge in [0.25, 0.3) is 0 Å². The zero-order valence-electron chi connectivity index (χ0n) is 9.08. The van der Waals surface area contributed by atoms with Crippen molar-refractivity contribution in [1.29, 1.82) is 0 Å². The smallest absolute Gasteiger partial charge is 0.247 e. The second-order valence-corrected chi connectivity index (χ2v) is 4.18. The Morgan fingerprint density at radius 3 is 2.33 bits per heavy atom. The number of hydrogen-bond acceptors (Lipinski definition) is 1. The second kappa shape index (κ2) is 3.54. The lowest BCUT2D eigenvalue weighted by Crippen LogP contribution is -2.24. The van der Waals surface area contributed by atoms with Gasteiger partial charge in [-0.2, -0.15) is 0 Å². The molecular weight excluding hydrogens is 186 g/mol. The van der Waals surface area contributed by atoms with E-state index < -0.39 is 0 Å². The minimum Gasteiger partial charge on any atom is -0.349 e. The standard InChI is InChI=1S/C13H15NO/c1-8-4-6-11(7-5-8)12-9(2)13(15)14-10(12)3/h4-7,10,12H,2H2,1,3H3,(H,14,15). The topological polar surface area (TPSA) is 29.1 Å². The summed E-state index contributed by atoms with van der Waals surface area (Å²) in [6.45, 7) is 7.92. The van der Waals surface area contributed by atoms with Crippen LogP contribution in [0.1, 0.15) is 24.0 Å². The van der Waals surface area contributed by atoms with Gasteiger partial charge >= 0.3 is 0 Å². The fourth-order valence-electron chi connectivity index (χ4n) is 2.09. The maximum atomic E-state index is 11.4. The molecule has 1 heterocycles. The Balaban J connectivity index is 2.35. The molecule has 2 heteroatoms. The second-order valence-electron chi connectivity index (χ2n) is 4.18. The van der Waals surface area contributed by atoms with Crippen LogP contribution in [0.5, 0.6) is 0 Å². The highest BCUT2D eigenvalue weighted by molar-refractivity contribution is 5.97. The number of benzene rings is 1. The minimum atomic E-state index is -0.0203. The number of amides is 1. The van der Waals surface area contributed by atoms with Gasteiger partial charge in [0, 0.05) is 17.5 Å². The molecule has 1 aromatic rings. The molecule has 78 valence electrons. The highest BCUT2D eigenvalue weighted by Gasteiger charge is 2.33. The molecule has 1 amide bonds. The van der Waals surface area contributed by atoms with E-state index in [0.717, 1.165) is 5.56 Å². The van der Waals surface area contributed by atoms with E-state index in [0.29, 0.717) is 5.57 Å². The van der Waals surface area contributed by atoms with Crippen LogP contribution in [0.3, 0.4) is 0 Å². The molecule has 2 nitrogen and oxygen atoms in total. The van der Waals surface area contributed by atoms with Gasteiger partial charge in [0.05, 0.1) is 0 Å². The van der Waals surface area contributed by atoms with Gasteiger partial charge in [0.2, 0.25) is 5.91 Å². The van der Waals surface area contributed by atoms with Crippen molar-refractivity contribution >= 4 is 5.91 Å². The first-order chi connectivity index (χ1) is 7.09. The van der Waals surface area contributed by atoms with Crippen molar-refractivity contribution in [3.8, 4) is 0 Å². The molecule has 0 aliphatic carbocycles. The maximum Gasteiger partial charge on any atom is 0.247 e. The van der Waals surface area contributed by atoms with Crippen LogP contribution in [0, 0.1) is 6.92 Å². The van der Waals surface area contributed by atoms with Crippen molar-refractivity contribution in [1.82, 2.24) is 5.32 Å². The van der Waals surface area contributed by atoms with Crippen molar-refractivity contribution in [2.45, 2.75) is 25.8 Å². The molecule has 1 aromatic carbocycles. The molecule has 15 heavy (non-hydrogen) atoms. The fraction of sp³-hybridized carbons (Fsp3) is 0.308. The largest absolute Gasteiger partial charge is 0.349 e. The van der Waals surface area contributed by atoms with Crippen molar-refractivity contribution in [2.75, 3.05) is 0 Å². The maximum absolute atomic E-state index is 11.4. The third kappa shape index (κ3) is 1.67. The summed E-state index contributed by atoms with van der Waals surface area (Å²) in [5.74, 6) is 0.103. The normalized spacial score (nSPS) is 25.5. The molecule has 2 unspecified atom stereocenters. The third-order valence-electron chi connectivity index (χ3n) is 2.96. The quantitative estimate of drug-likeness (QED) is 0.693. The van der Waals surface area contributed by atoms with E-state index in [1.807, 2.05) is 6.92 Å². The average molecular weight is 201 g/mol. The van der Waals surface area contributed by atoms with E-state index in [4.69, 9.17) is 0 Å². The first-order valence-electron chi connectivity index (χ1n) is 5.16. The van der Waals surface area contributed by atoms with Crippen LogP contribution >= 0.6 is 0 Å². The Morgan fingerprint density at radius 1 is 1.27 bits per heavy atom. The summed E-state index contributed by atoms with van der Waals surface area (Å²) in [5.41, 5.74) is 3.07. The van der Waals surface area contributed by atoms with E-state index >= 15 is 0 Å². The molecule has 0 saturated carbocycles. The highest BCUT2D eigenvalue weighted by Crippen LogP contribution is 2.31. The summed E-state index contributed by atoms with van der Waals surface area (Å²) < 4.78 is 0. The zero-order valence-corrected chi connectivity index (χ0v) is 9.08. The Morgan fingerprint density at radius 2 is 1.87 bits per heavy atom. The van der Waals surface area contributed by atoms with Crippen LogP contribution in [0.4, 0.5) is 0 Å². The summed E-state index contributed by atoms with van der Waals surface area (Å²) in [6.07, 6.45) is 0. The van der Waals surface area contributed by atoms with E-state index in [1.54, 1.807) is 0 Å². The molecule has 1 aliphatic heterocycles. The predicted octanol–water partition coefficient (Wildman–Crippen LogP) is 2.15. The van der Waals surface area contributed by atoms with Gasteiger partial charge in [-0.15, -0.1) is 0 Å². The van der Waals surface area contributed by atoms with Crippen LogP contribution < -0.4 is 5.32 Å². The molecule has 1 saturated heterocycles. The lowest BCUT2D eigenvalue weighted by Gasteiger charge is -2.15. The first kappa shape index (κ1) is 9.97. The summed E-state index contributed by atoms with van der Waals surface area (Å²) in [6, 6.07) is 8.42. The Hall–Kier alpha value is -1.57. The minimum absolute atomic E-state index is 0.0203. The molecule has 1 N–H and O–H groups in total. The highest BCUT2D eigenvalue weighted by atomic mass is 16.2. The van der Waals surface area contributed by atoms with Gasteiger partial charge in [-0.25, -0.2) is 0 Å². The van der Waals surface area contributed by atoms with Gasteiger partial charge in [-0.3, -0.25) is 4.79 Å². The lowest BCUT2D eigenvalue weighted by molar-refractivity contribution is -0.116. The SMILES string of the molecule is C=C1C(=O)NC(C)C1c1ccc(C)cc1. The zero-order chi connectivity index (χ0) is 11.0. The first-order valence-corrected chi connectivity index (χ1v) is 5.16. The van der Waals surface area contributed by atoms with Crippen molar-refractivity contribution < 1.29 is 4.79 Å². The summed E-state index contributed by atoms with van der Waals surface area (Å²) in [7, 11) is 0. The molecule has 1 aliphatic rings. The molecule has 2 rings (SSSR count). The Kier molecular flexibility index (Phi) is 2.35. The number of carbonyl (C=O) groups is 1. The van der Waals surface area contributed by atoms with Crippen molar-refractivity contribution in [3.63, 3.8) is 0 Å². The number of aryl methyl sites for hydroxylation is 1. The number of carbonyl (C=O) groups excluding carboxylic acids is 1. The average Bonchev–Trinajstić information content (AvgIpc) is 2.44. The van der Waals surface area contributed by atoms with Gasteiger partial charge in [-0.05, 0) is 19.4 Å². The monoisotopic (exact) mass is 201 g/mol. The van der Waals surface area contributed by atoms with Crippen LogP contribution in [0.2, 0.25) is 0 Å². The molecule has 0 spiro atoms. The van der Waals surface area contributed by atoms with Crippen molar-refractivity contribution in [2.24, 2.45) is 0 Å². The predicted molar refractivity (Wildman–Crippen MR) is 60.7 cm³/mol. The van der Waals surface area contributed by atoms with E-state index in [1.165, 1.54) is 5.56 Å². The van der Waals surface area contributed by atoms with Gasteiger partial charge < -0.3 is 5.32 Å². The fourth-order valence-corrected chi connectivity index (χ4v) is 2.09. The Bertz CT molecular complexity index is 405. The number of rotatable bonds is 1. The summed E-state index contributed by atoms with van der Waals surface area (Å²) >= 11 is 0. The van der Waals surface area contributed by atoms with Gasteiger partial charge in [-0.1, -0.05) is 36.4 Å². The molecule has 0 bridgehead atoms. The van der Waals surface area contributed by atoms with E-state index in [-0.39, 0.29) is 17.9 Å². The van der Waals surface area contributed by atoms with Crippen molar-refractivity contribution in [3.05, 3.63) is 47.5 Å². The molecule has 2 atom stereocenters. The number of hydrogen-bond donors (Lipinski definition) is 1. The molecule has 0 aromatic heterocycles. The number of nitrogens with one attached hydrogen (secondary N) is 1. The van der Waals surface area contributed by atoms with E-state index in [9.17, 15) is 4.79 Å². The molecular formula is C13H15NO. The summed E-state index contributed by atoms with van der Waals surface area (Å²) in [5, 5.41) is 2.89. The third-order valence-corrected chi connectivity index (χ3v) is 2.96.